The highest BCUT2D eigenvalue weighted by Crippen LogP contribution is 2.25. The normalized spacial score (nSPS) is 12.0. The van der Waals surface area contributed by atoms with Gasteiger partial charge in [-0.15, -0.1) is 0 Å². The number of likely N-dealkylation sites (N-methyl/N-ethyl adjacent to an activating group) is 1. The van der Waals surface area contributed by atoms with E-state index in [1.165, 1.54) is 5.56 Å². The molecule has 4 heteroatoms. The Morgan fingerprint density at radius 1 is 1.29 bits per heavy atom. The summed E-state index contributed by atoms with van der Waals surface area (Å²) in [6.45, 7) is 4.42. The maximum absolute atomic E-state index is 12.0. The van der Waals surface area contributed by atoms with Crippen molar-refractivity contribution < 1.29 is 4.79 Å². The lowest BCUT2D eigenvalue weighted by atomic mass is 9.94. The van der Waals surface area contributed by atoms with Gasteiger partial charge in [-0.25, -0.2) is 0 Å². The monoisotopic (exact) mass is 283 g/mol. The molecule has 2 N–H and O–H groups in total. The number of aryl methyl sites for hydroxylation is 2. The number of nitrogens with zero attached hydrogens (tertiary/aromatic N) is 1. The number of carbonyl (C=O) groups is 1. The number of benzene rings is 1. The average Bonchev–Trinajstić information content (AvgIpc) is 2.47. The summed E-state index contributed by atoms with van der Waals surface area (Å²) in [5.41, 5.74) is 4.45. The van der Waals surface area contributed by atoms with Crippen LogP contribution in [0.1, 0.15) is 28.3 Å². The Bertz CT molecular complexity index is 611. The van der Waals surface area contributed by atoms with Gasteiger partial charge in [0.25, 0.3) is 0 Å². The summed E-state index contributed by atoms with van der Waals surface area (Å²) >= 11 is 0. The van der Waals surface area contributed by atoms with Crippen LogP contribution in [-0.2, 0) is 4.79 Å². The van der Waals surface area contributed by atoms with Gasteiger partial charge in [-0.3, -0.25) is 9.78 Å². The minimum absolute atomic E-state index is 0.0358. The molecule has 1 aromatic carbocycles. The van der Waals surface area contributed by atoms with Crippen LogP contribution in [0.2, 0.25) is 0 Å². The first kappa shape index (κ1) is 15.2. The highest BCUT2D eigenvalue weighted by atomic mass is 16.1. The van der Waals surface area contributed by atoms with Gasteiger partial charge in [0.05, 0.1) is 12.6 Å². The molecule has 1 amide bonds. The van der Waals surface area contributed by atoms with Crippen LogP contribution < -0.4 is 10.6 Å². The first-order valence-electron chi connectivity index (χ1n) is 7.03. The summed E-state index contributed by atoms with van der Waals surface area (Å²) in [6.07, 6.45) is 3.53. The van der Waals surface area contributed by atoms with Crippen LogP contribution >= 0.6 is 0 Å². The van der Waals surface area contributed by atoms with Crippen LogP contribution in [0.3, 0.4) is 0 Å². The van der Waals surface area contributed by atoms with Crippen molar-refractivity contribution in [3.05, 3.63) is 65.0 Å². The maximum Gasteiger partial charge on any atom is 0.234 e. The third-order valence-electron chi connectivity index (χ3n) is 3.40. The molecule has 1 aromatic heterocycles. The molecule has 2 aromatic rings. The van der Waals surface area contributed by atoms with Crippen molar-refractivity contribution in [3.8, 4) is 0 Å². The summed E-state index contributed by atoms with van der Waals surface area (Å²) in [7, 11) is 1.76. The van der Waals surface area contributed by atoms with E-state index in [-0.39, 0.29) is 11.9 Å². The minimum Gasteiger partial charge on any atom is -0.344 e. The van der Waals surface area contributed by atoms with Gasteiger partial charge >= 0.3 is 0 Å². The summed E-state index contributed by atoms with van der Waals surface area (Å²) in [5.74, 6) is -0.0358. The van der Waals surface area contributed by atoms with Crippen molar-refractivity contribution >= 4 is 5.91 Å². The molecular formula is C17H21N3O. The predicted molar refractivity (Wildman–Crippen MR) is 84.1 cm³/mol. The Hall–Kier alpha value is -2.20. The lowest BCUT2D eigenvalue weighted by Crippen LogP contribution is -2.35. The summed E-state index contributed by atoms with van der Waals surface area (Å²) < 4.78 is 0. The van der Waals surface area contributed by atoms with Gasteiger partial charge in [-0.1, -0.05) is 29.8 Å². The van der Waals surface area contributed by atoms with Gasteiger partial charge in [0, 0.05) is 12.4 Å². The number of nitrogens with one attached hydrogen (secondary N) is 2. The summed E-state index contributed by atoms with van der Waals surface area (Å²) in [6, 6.07) is 9.95. The first-order valence-corrected chi connectivity index (χ1v) is 7.03. The van der Waals surface area contributed by atoms with Gasteiger partial charge in [0.2, 0.25) is 5.91 Å². The van der Waals surface area contributed by atoms with Crippen molar-refractivity contribution in [2.75, 3.05) is 13.6 Å². The molecule has 0 spiro atoms. The van der Waals surface area contributed by atoms with Crippen LogP contribution in [0.15, 0.2) is 42.7 Å². The van der Waals surface area contributed by atoms with E-state index in [0.717, 1.165) is 16.7 Å². The second-order valence-electron chi connectivity index (χ2n) is 5.18. The van der Waals surface area contributed by atoms with Crippen molar-refractivity contribution in [2.24, 2.45) is 0 Å². The third kappa shape index (κ3) is 3.89. The fourth-order valence-electron chi connectivity index (χ4n) is 2.41. The molecule has 0 aliphatic heterocycles. The quantitative estimate of drug-likeness (QED) is 0.884. The van der Waals surface area contributed by atoms with Crippen molar-refractivity contribution in [3.63, 3.8) is 0 Å². The second kappa shape index (κ2) is 6.99. The Labute approximate surface area is 125 Å². The van der Waals surface area contributed by atoms with Crippen molar-refractivity contribution in [2.45, 2.75) is 19.9 Å². The fourth-order valence-corrected chi connectivity index (χ4v) is 2.41. The smallest absolute Gasteiger partial charge is 0.234 e. The van der Waals surface area contributed by atoms with Gasteiger partial charge in [0.15, 0.2) is 0 Å². The van der Waals surface area contributed by atoms with Crippen molar-refractivity contribution in [1.29, 1.82) is 0 Å². The Kier molecular flexibility index (Phi) is 5.06. The zero-order valence-electron chi connectivity index (χ0n) is 12.7. The van der Waals surface area contributed by atoms with Crippen LogP contribution in [0.5, 0.6) is 0 Å². The Balaban J connectivity index is 2.38. The second-order valence-corrected chi connectivity index (χ2v) is 5.18. The molecule has 0 aliphatic rings. The molecule has 4 nitrogen and oxygen atoms in total. The molecule has 21 heavy (non-hydrogen) atoms. The van der Waals surface area contributed by atoms with Gasteiger partial charge in [-0.05, 0) is 43.7 Å². The third-order valence-corrected chi connectivity index (χ3v) is 3.40. The number of pyridine rings is 1. The molecule has 1 atom stereocenters. The fraction of sp³-hybridized carbons (Fsp3) is 0.294. The molecule has 0 bridgehead atoms. The zero-order chi connectivity index (χ0) is 15.2. The van der Waals surface area contributed by atoms with Crippen LogP contribution in [-0.4, -0.2) is 24.5 Å². The van der Waals surface area contributed by atoms with Gasteiger partial charge in [0.1, 0.15) is 0 Å². The summed E-state index contributed by atoms with van der Waals surface area (Å²) in [5, 5.41) is 5.94. The van der Waals surface area contributed by atoms with E-state index in [4.69, 9.17) is 0 Å². The minimum atomic E-state index is -0.180. The van der Waals surface area contributed by atoms with E-state index >= 15 is 0 Å². The van der Waals surface area contributed by atoms with Gasteiger partial charge in [-0.2, -0.15) is 0 Å². The van der Waals surface area contributed by atoms with Gasteiger partial charge < -0.3 is 10.6 Å². The first-order chi connectivity index (χ1) is 10.1. The molecule has 1 heterocycles. The number of aromatic nitrogens is 1. The molecule has 0 saturated carbocycles. The topological polar surface area (TPSA) is 54.0 Å². The van der Waals surface area contributed by atoms with E-state index < -0.39 is 0 Å². The zero-order valence-corrected chi connectivity index (χ0v) is 12.7. The standard InChI is InChI=1S/C17H21N3O/c1-12-6-7-15(13(2)9-12)17(20-16(21)11-18-3)14-5-4-8-19-10-14/h4-10,17-18H,11H2,1-3H3,(H,20,21). The van der Waals surface area contributed by atoms with E-state index in [9.17, 15) is 4.79 Å². The predicted octanol–water partition coefficient (Wildman–Crippen LogP) is 2.12. The Morgan fingerprint density at radius 3 is 2.71 bits per heavy atom. The van der Waals surface area contributed by atoms with Crippen LogP contribution in [0.25, 0.3) is 0 Å². The number of amides is 1. The highest BCUT2D eigenvalue weighted by Gasteiger charge is 2.18. The maximum atomic E-state index is 12.0. The number of hydrogen-bond acceptors (Lipinski definition) is 3. The molecule has 0 saturated heterocycles. The van der Waals surface area contributed by atoms with Crippen molar-refractivity contribution in [1.82, 2.24) is 15.6 Å². The number of rotatable bonds is 5. The lowest BCUT2D eigenvalue weighted by molar-refractivity contribution is -0.120. The van der Waals surface area contributed by atoms with E-state index in [1.807, 2.05) is 12.1 Å². The van der Waals surface area contributed by atoms with E-state index in [2.05, 4.69) is 47.7 Å². The largest absolute Gasteiger partial charge is 0.344 e. The molecule has 0 fully saturated rings. The molecule has 110 valence electrons. The van der Waals surface area contributed by atoms with Crippen LogP contribution in [0.4, 0.5) is 0 Å². The molecule has 0 aliphatic carbocycles. The lowest BCUT2D eigenvalue weighted by Gasteiger charge is -2.21. The SMILES string of the molecule is CNCC(=O)NC(c1cccnc1)c1ccc(C)cc1C. The molecule has 2 rings (SSSR count). The highest BCUT2D eigenvalue weighted by molar-refractivity contribution is 5.79. The molecular weight excluding hydrogens is 262 g/mol. The summed E-state index contributed by atoms with van der Waals surface area (Å²) in [4.78, 5) is 16.1. The number of carbonyl (C=O) groups excluding carboxylic acids is 1. The van der Waals surface area contributed by atoms with E-state index in [0.29, 0.717) is 6.54 Å². The molecule has 1 unspecified atom stereocenters. The average molecular weight is 283 g/mol. The number of hydrogen-bond donors (Lipinski definition) is 2. The van der Waals surface area contributed by atoms with E-state index in [1.54, 1.807) is 19.4 Å². The van der Waals surface area contributed by atoms with Crippen LogP contribution in [0, 0.1) is 13.8 Å². The Morgan fingerprint density at radius 2 is 2.10 bits per heavy atom. The molecule has 0 radical (unpaired) electrons.